The van der Waals surface area contributed by atoms with Crippen molar-refractivity contribution >= 4 is 22.1 Å². The summed E-state index contributed by atoms with van der Waals surface area (Å²) in [5.41, 5.74) is 0.721. The summed E-state index contributed by atoms with van der Waals surface area (Å²) >= 11 is 5.31. The van der Waals surface area contributed by atoms with Crippen molar-refractivity contribution < 1.29 is 27.2 Å². The second-order valence-electron chi connectivity index (χ2n) is 6.51. The van der Waals surface area contributed by atoms with E-state index >= 15 is 0 Å². The molecule has 1 unspecified atom stereocenters. The lowest BCUT2D eigenvalue weighted by molar-refractivity contribution is -0.943. The van der Waals surface area contributed by atoms with Crippen LogP contribution in [0, 0.1) is 4.84 Å². The summed E-state index contributed by atoms with van der Waals surface area (Å²) < 4.78 is 41.4. The van der Waals surface area contributed by atoms with Gasteiger partial charge in [-0.15, -0.1) is 5.10 Å². The van der Waals surface area contributed by atoms with Crippen LogP contribution >= 0.6 is 12.2 Å². The number of rotatable bonds is 7. The maximum atomic E-state index is 11.8. The Labute approximate surface area is 163 Å². The summed E-state index contributed by atoms with van der Waals surface area (Å²) in [5, 5.41) is 4.49. The summed E-state index contributed by atoms with van der Waals surface area (Å²) in [7, 11) is 0.205. The number of nitrogens with zero attached hydrogens (tertiary/aromatic N) is 2. The van der Waals surface area contributed by atoms with Gasteiger partial charge in [-0.05, 0) is 37.3 Å². The van der Waals surface area contributed by atoms with Crippen molar-refractivity contribution in [2.75, 3.05) is 32.3 Å². The highest BCUT2D eigenvalue weighted by Crippen LogP contribution is 2.31. The Morgan fingerprint density at radius 2 is 2.07 bits per heavy atom. The van der Waals surface area contributed by atoms with E-state index in [4.69, 9.17) is 26.1 Å². The molecule has 148 valence electrons. The Morgan fingerprint density at radius 3 is 2.67 bits per heavy atom. The van der Waals surface area contributed by atoms with Crippen molar-refractivity contribution in [3.8, 4) is 23.0 Å². The van der Waals surface area contributed by atoms with Gasteiger partial charge in [0, 0.05) is 12.0 Å². The molecule has 0 bridgehead atoms. The van der Waals surface area contributed by atoms with Gasteiger partial charge < -0.3 is 18.8 Å². The van der Waals surface area contributed by atoms with E-state index in [1.807, 2.05) is 13.0 Å². The van der Waals surface area contributed by atoms with Gasteiger partial charge >= 0.3 is 0 Å². The smallest absolute Gasteiger partial charge is 0.292 e. The topological polar surface area (TPSA) is 88.0 Å². The molecule has 1 N–H and O–H groups in total. The minimum absolute atomic E-state index is 0.0585. The monoisotopic (exact) mass is 414 g/mol. The number of quaternary nitrogens is 1. The number of nitrogens with one attached hydrogen (secondary N) is 1. The number of aromatic nitrogens is 2. The summed E-state index contributed by atoms with van der Waals surface area (Å²) in [5.74, 6) is 2.04. The molecule has 1 aliphatic rings. The molecule has 27 heavy (non-hydrogen) atoms. The van der Waals surface area contributed by atoms with Crippen LogP contribution in [0.15, 0.2) is 22.6 Å². The molecule has 1 aliphatic heterocycles. The van der Waals surface area contributed by atoms with Crippen molar-refractivity contribution in [1.82, 2.24) is 9.78 Å². The van der Waals surface area contributed by atoms with Gasteiger partial charge in [-0.1, -0.05) is 0 Å². The standard InChI is InChI=1S/C17H23N3O5S2/c1-4-19(13-7-8-27(21,22)10-13)11-20-17(26)25-16(18-20)12-5-6-14(23-2)15(9-12)24-3/h5-6,9,13H,4,7-8,10-11H2,1-3H3/p+1/t13-/m0/s1. The average Bonchev–Trinajstić information content (AvgIpc) is 3.20. The third kappa shape index (κ3) is 4.33. The van der Waals surface area contributed by atoms with Crippen molar-refractivity contribution in [2.24, 2.45) is 0 Å². The van der Waals surface area contributed by atoms with Gasteiger partial charge in [0.1, 0.15) is 11.8 Å². The van der Waals surface area contributed by atoms with Gasteiger partial charge in [-0.2, -0.15) is 4.68 Å². The molecule has 2 atom stereocenters. The van der Waals surface area contributed by atoms with Crippen LogP contribution in [0.5, 0.6) is 11.5 Å². The Morgan fingerprint density at radius 1 is 1.33 bits per heavy atom. The first kappa shape index (κ1) is 19.8. The van der Waals surface area contributed by atoms with E-state index in [0.717, 1.165) is 17.0 Å². The molecule has 0 spiro atoms. The van der Waals surface area contributed by atoms with Gasteiger partial charge in [0.05, 0.1) is 26.5 Å². The lowest BCUT2D eigenvalue weighted by atomic mass is 10.2. The number of benzene rings is 1. The molecule has 3 rings (SSSR count). The molecule has 10 heteroatoms. The van der Waals surface area contributed by atoms with E-state index in [9.17, 15) is 8.42 Å². The molecule has 0 aliphatic carbocycles. The van der Waals surface area contributed by atoms with Crippen LogP contribution < -0.4 is 14.4 Å². The van der Waals surface area contributed by atoms with Gasteiger partial charge in [0.15, 0.2) is 28.0 Å². The fourth-order valence-corrected chi connectivity index (χ4v) is 5.34. The first-order valence-electron chi connectivity index (χ1n) is 8.72. The van der Waals surface area contributed by atoms with Gasteiger partial charge in [-0.3, -0.25) is 0 Å². The molecule has 1 saturated heterocycles. The Balaban J connectivity index is 1.83. The highest BCUT2D eigenvalue weighted by atomic mass is 32.2. The summed E-state index contributed by atoms with van der Waals surface area (Å²) in [6.07, 6.45) is 0.666. The molecular weight excluding hydrogens is 390 g/mol. The van der Waals surface area contributed by atoms with E-state index < -0.39 is 9.84 Å². The van der Waals surface area contributed by atoms with Crippen molar-refractivity contribution in [3.63, 3.8) is 0 Å². The number of hydrogen-bond acceptors (Lipinski definition) is 7. The fourth-order valence-electron chi connectivity index (χ4n) is 3.33. The number of hydrogen-bond donors (Lipinski definition) is 1. The third-order valence-corrected chi connectivity index (χ3v) is 6.92. The highest BCUT2D eigenvalue weighted by molar-refractivity contribution is 7.91. The second-order valence-corrected chi connectivity index (χ2v) is 9.09. The minimum Gasteiger partial charge on any atom is -0.493 e. The van der Waals surface area contributed by atoms with Crippen molar-refractivity contribution in [3.05, 3.63) is 23.0 Å². The maximum absolute atomic E-state index is 11.8. The van der Waals surface area contributed by atoms with E-state index in [2.05, 4.69) is 5.10 Å². The zero-order valence-electron chi connectivity index (χ0n) is 15.6. The van der Waals surface area contributed by atoms with Crippen LogP contribution in [0.3, 0.4) is 0 Å². The lowest BCUT2D eigenvalue weighted by Gasteiger charge is -2.22. The van der Waals surface area contributed by atoms with Crippen LogP contribution in [0.1, 0.15) is 13.3 Å². The number of methoxy groups -OCH3 is 2. The zero-order chi connectivity index (χ0) is 19.6. The average molecular weight is 415 g/mol. The van der Waals surface area contributed by atoms with E-state index in [0.29, 0.717) is 30.5 Å². The quantitative estimate of drug-likeness (QED) is 0.675. The zero-order valence-corrected chi connectivity index (χ0v) is 17.2. The summed E-state index contributed by atoms with van der Waals surface area (Å²) in [6.45, 7) is 3.27. The first-order valence-corrected chi connectivity index (χ1v) is 10.9. The summed E-state index contributed by atoms with van der Waals surface area (Å²) in [6, 6.07) is 5.43. The molecule has 0 amide bonds. The second kappa shape index (κ2) is 7.99. The maximum Gasteiger partial charge on any atom is 0.292 e. The molecule has 8 nitrogen and oxygen atoms in total. The Hall–Kier alpha value is -1.91. The highest BCUT2D eigenvalue weighted by Gasteiger charge is 2.35. The van der Waals surface area contributed by atoms with Crippen LogP contribution in [0.4, 0.5) is 0 Å². The normalized spacial score (nSPS) is 19.7. The SMILES string of the molecule is CC[NH+](Cn1nc(-c2ccc(OC)c(OC)c2)oc1=S)[C@H]1CCS(=O)(=O)C1. The third-order valence-electron chi connectivity index (χ3n) is 4.85. The molecule has 2 aromatic rings. The van der Waals surface area contributed by atoms with Crippen molar-refractivity contribution in [1.29, 1.82) is 0 Å². The summed E-state index contributed by atoms with van der Waals surface area (Å²) in [4.78, 5) is 1.38. The van der Waals surface area contributed by atoms with Crippen LogP contribution in [-0.4, -0.2) is 56.5 Å². The van der Waals surface area contributed by atoms with Crippen LogP contribution in [0.25, 0.3) is 11.5 Å². The van der Waals surface area contributed by atoms with Crippen LogP contribution in [0.2, 0.25) is 0 Å². The van der Waals surface area contributed by atoms with Crippen molar-refractivity contribution in [2.45, 2.75) is 26.1 Å². The molecule has 2 heterocycles. The predicted molar refractivity (Wildman–Crippen MR) is 102 cm³/mol. The first-order chi connectivity index (χ1) is 12.9. The molecule has 1 aromatic heterocycles. The number of ether oxygens (including phenoxy) is 2. The Bertz CT molecular complexity index is 967. The minimum atomic E-state index is -2.93. The largest absolute Gasteiger partial charge is 0.493 e. The lowest BCUT2D eigenvalue weighted by Crippen LogP contribution is -3.15. The van der Waals surface area contributed by atoms with Crippen LogP contribution in [-0.2, 0) is 16.5 Å². The van der Waals surface area contributed by atoms with Gasteiger partial charge in [-0.25, -0.2) is 8.42 Å². The molecule has 1 fully saturated rings. The fraction of sp³-hybridized carbons (Fsp3) is 0.529. The number of sulfone groups is 1. The van der Waals surface area contributed by atoms with Gasteiger partial charge in [0.2, 0.25) is 5.89 Å². The molecular formula is C17H24N3O5S2+. The van der Waals surface area contributed by atoms with Gasteiger partial charge in [0.25, 0.3) is 4.84 Å². The van der Waals surface area contributed by atoms with E-state index in [1.165, 1.54) is 0 Å². The molecule has 0 radical (unpaired) electrons. The van der Waals surface area contributed by atoms with E-state index in [1.54, 1.807) is 31.0 Å². The molecule has 0 saturated carbocycles. The van der Waals surface area contributed by atoms with E-state index in [-0.39, 0.29) is 22.4 Å². The molecule has 1 aromatic carbocycles. The Kier molecular flexibility index (Phi) is 5.87. The predicted octanol–water partition coefficient (Wildman–Crippen LogP) is 0.939.